The average molecular weight is 1690 g/mol. The quantitative estimate of drug-likeness (QED) is 0.0336. The van der Waals surface area contributed by atoms with Gasteiger partial charge in [-0.1, -0.05) is 35.8 Å². The lowest BCUT2D eigenvalue weighted by atomic mass is 9.78. The number of piperidine rings is 2. The summed E-state index contributed by atoms with van der Waals surface area (Å²) in [7, 11) is 3.26. The molecule has 2 aliphatic carbocycles. The van der Waals surface area contributed by atoms with Gasteiger partial charge >= 0.3 is 11.4 Å². The Morgan fingerprint density at radius 1 is 0.593 bits per heavy atom. The van der Waals surface area contributed by atoms with Gasteiger partial charge in [-0.2, -0.15) is 20.4 Å². The number of rotatable bonds is 21. The molecule has 10 fully saturated rings. The summed E-state index contributed by atoms with van der Waals surface area (Å²) in [6, 6.07) is 12.0. The molecule has 16 heterocycles. The normalized spacial score (nSPS) is 25.9. The molecule has 9 atom stereocenters. The summed E-state index contributed by atoms with van der Waals surface area (Å²) >= 11 is 0. The lowest BCUT2D eigenvalue weighted by molar-refractivity contribution is -0.137. The van der Waals surface area contributed by atoms with Crippen LogP contribution < -0.4 is 42.4 Å². The fourth-order valence-corrected chi connectivity index (χ4v) is 20.7. The summed E-state index contributed by atoms with van der Waals surface area (Å²) in [5.74, 6) is 11.2. The number of morpholine rings is 2. The van der Waals surface area contributed by atoms with E-state index in [0.717, 1.165) is 38.9 Å². The van der Waals surface area contributed by atoms with Gasteiger partial charge in [0.15, 0.2) is 22.7 Å². The van der Waals surface area contributed by atoms with Crippen molar-refractivity contribution in [1.29, 1.82) is 0 Å². The SMILES string of the molecule is Cn1c(=O)n(C2CCC(=O)NC2=O)c2cccc(C#CCOC3CN(C[C@H]4CC[C@H](n5cc(NC(=O)c6cnn7ccc(N8C[C@H]9C[C@@H]8C(C([C@H]8CC[C@H](n%10cc(NC(=O)c%11cnn%12ccc(N%13C[C@H]%14C[C@@H]%13CO%14)nc%11%12)c(C(F)F)n%10)CC8)N8CC[C@H](OCC#Cc%10cccc%11c%10n(C)c(=O)n%11C%10CCC(=O)NC%10=O)C8)O9)nc67)c(C(F)F)n5)CC4)C3)c21. The van der Waals surface area contributed by atoms with Gasteiger partial charge in [0, 0.05) is 104 Å². The molecule has 4 bridgehead atoms. The Hall–Kier alpha value is -11.9. The number of likely N-dealkylation sites (tertiary alicyclic amines) is 2. The highest BCUT2D eigenvalue weighted by Crippen LogP contribution is 2.47. The second kappa shape index (κ2) is 32.4. The molecule has 640 valence electrons. The van der Waals surface area contributed by atoms with Gasteiger partial charge < -0.3 is 39.4 Å². The summed E-state index contributed by atoms with van der Waals surface area (Å²) in [5, 5.41) is 27.8. The lowest BCUT2D eigenvalue weighted by Crippen LogP contribution is -2.57. The molecule has 34 nitrogen and oxygen atoms in total. The number of benzene rings is 2. The summed E-state index contributed by atoms with van der Waals surface area (Å²) in [4.78, 5) is 124. The van der Waals surface area contributed by atoms with Crippen molar-refractivity contribution >= 4 is 91.8 Å². The first kappa shape index (κ1) is 79.5. The summed E-state index contributed by atoms with van der Waals surface area (Å²) < 4.78 is 97.7. The number of anilines is 4. The smallest absolute Gasteiger partial charge is 0.329 e. The van der Waals surface area contributed by atoms with E-state index in [4.69, 9.17) is 28.9 Å². The monoisotopic (exact) mass is 1690 g/mol. The van der Waals surface area contributed by atoms with E-state index in [1.165, 1.54) is 52.1 Å². The molecule has 0 spiro atoms. The molecule has 2 saturated carbocycles. The molecule has 2 aromatic carbocycles. The number of carbonyl (C=O) groups excluding carboxylic acids is 6. The van der Waals surface area contributed by atoms with Crippen LogP contribution in [-0.2, 0) is 52.2 Å². The number of carbonyl (C=O) groups is 6. The molecule has 8 aromatic heterocycles. The van der Waals surface area contributed by atoms with Gasteiger partial charge in [0.2, 0.25) is 23.6 Å². The van der Waals surface area contributed by atoms with Crippen molar-refractivity contribution in [2.45, 2.75) is 182 Å². The van der Waals surface area contributed by atoms with E-state index in [9.17, 15) is 38.4 Å². The van der Waals surface area contributed by atoms with E-state index in [2.05, 4.69) is 84.9 Å². The van der Waals surface area contributed by atoms with Crippen LogP contribution in [0, 0.1) is 35.5 Å². The first-order valence-corrected chi connectivity index (χ1v) is 42.3. The number of amides is 6. The van der Waals surface area contributed by atoms with E-state index >= 15 is 17.6 Å². The van der Waals surface area contributed by atoms with Crippen molar-refractivity contribution in [2.24, 2.45) is 25.9 Å². The standard InChI is InChI=1S/C85H90F4N22O12/c1-100-72-47(7-3-11-61(72)110(84(100)118)63-21-23-68(112)96-82(63)116)9-5-31-120-53-25-28-103(40-53)74(49-15-19-51(20-16-49)109-44-60(71(99-109)77(88)89)93-80(114)57-35-90-106-29-26-66(94-78(57)106)104-41-54-33-52(104)45-122-54)75-65-34-55(123-75)42-105(65)67-27-30-107-79(95-67)58(36-91-107)81(115)92-59-43-108(98-70(59)76(86)87)50-17-13-46(14-18-50)37-102-38-56(39-102)121-32-6-10-48-8-4-12-62-73(48)101(2)85(119)111(62)64-22-24-69(113)97-83(64)117/h3-4,7-8,11-12,26-27,29-30,35-36,43-44,46,49-56,63-65,74-77H,13-25,28,31-34,37-42,45H2,1-2H3,(H,92,115)(H,93,114)(H,96,112,116)(H,97,113,117)/t46-,49-,50-,51-,52-,53+,54-,55-,63?,64?,65-,74?,75?/m1/s1. The third kappa shape index (κ3) is 14.9. The molecule has 0 radical (unpaired) electrons. The van der Waals surface area contributed by atoms with E-state index in [0.29, 0.717) is 135 Å². The number of aryl methyl sites for hydroxylation is 2. The molecule has 10 aliphatic rings. The number of imidazole rings is 2. The van der Waals surface area contributed by atoms with Gasteiger partial charge in [-0.25, -0.2) is 46.1 Å². The molecule has 4 N–H and O–H groups in total. The number of hydrogen-bond donors (Lipinski definition) is 4. The molecule has 38 heteroatoms. The Kier molecular flexibility index (Phi) is 20.9. The van der Waals surface area contributed by atoms with Crippen molar-refractivity contribution in [2.75, 3.05) is 86.1 Å². The number of nitrogens with one attached hydrogen (secondary N) is 4. The fraction of sp³-hybridized carbons (Fsp3) is 0.506. The van der Waals surface area contributed by atoms with Crippen LogP contribution in [0.4, 0.5) is 40.6 Å². The highest BCUT2D eigenvalue weighted by molar-refractivity contribution is 6.09. The van der Waals surface area contributed by atoms with Crippen molar-refractivity contribution in [1.82, 2.24) is 87.5 Å². The zero-order valence-corrected chi connectivity index (χ0v) is 67.5. The van der Waals surface area contributed by atoms with Gasteiger partial charge in [-0.15, -0.1) is 0 Å². The number of imide groups is 2. The van der Waals surface area contributed by atoms with Crippen molar-refractivity contribution in [3.05, 3.63) is 140 Å². The van der Waals surface area contributed by atoms with E-state index < -0.39 is 65.6 Å². The number of halogens is 4. The van der Waals surface area contributed by atoms with Crippen LogP contribution in [0.2, 0.25) is 0 Å². The van der Waals surface area contributed by atoms with Gasteiger partial charge in [-0.3, -0.25) is 76.8 Å². The first-order chi connectivity index (χ1) is 59.7. The Morgan fingerprint density at radius 3 is 1.63 bits per heavy atom. The zero-order valence-electron chi connectivity index (χ0n) is 67.5. The van der Waals surface area contributed by atoms with Crippen LogP contribution in [-0.4, -0.2) is 227 Å². The fourth-order valence-electron chi connectivity index (χ4n) is 20.7. The predicted molar refractivity (Wildman–Crippen MR) is 435 cm³/mol. The van der Waals surface area contributed by atoms with E-state index in [-0.39, 0.29) is 157 Å². The number of para-hydroxylation sites is 2. The highest BCUT2D eigenvalue weighted by Gasteiger charge is 2.54. The number of fused-ring (bicyclic) bond motifs is 8. The topological polar surface area (TPSA) is 350 Å². The number of ether oxygens (including phenoxy) is 4. The van der Waals surface area contributed by atoms with Gasteiger partial charge in [-0.05, 0) is 132 Å². The summed E-state index contributed by atoms with van der Waals surface area (Å²) in [6.07, 6.45) is 10.9. The molecule has 123 heavy (non-hydrogen) atoms. The Morgan fingerprint density at radius 2 is 1.12 bits per heavy atom. The van der Waals surface area contributed by atoms with Crippen LogP contribution in [0.1, 0.15) is 177 Å². The van der Waals surface area contributed by atoms with Gasteiger partial charge in [0.25, 0.3) is 24.7 Å². The highest BCUT2D eigenvalue weighted by atomic mass is 19.3. The number of aromatic nitrogens is 14. The Labute approximate surface area is 699 Å². The summed E-state index contributed by atoms with van der Waals surface area (Å²) in [5.41, 5.74) is 1.98. The van der Waals surface area contributed by atoms with Crippen molar-refractivity contribution < 1.29 is 65.3 Å². The number of alkyl halides is 4. The minimum absolute atomic E-state index is 0.0131. The van der Waals surface area contributed by atoms with Crippen LogP contribution >= 0.6 is 0 Å². The van der Waals surface area contributed by atoms with Crippen molar-refractivity contribution in [3.8, 4) is 23.7 Å². The second-order valence-corrected chi connectivity index (χ2v) is 34.1. The third-order valence-electron chi connectivity index (χ3n) is 26.8. The first-order valence-electron chi connectivity index (χ1n) is 42.3. The molecular formula is C85H90F4N22O12. The van der Waals surface area contributed by atoms with Crippen LogP contribution in [0.15, 0.2) is 95.3 Å². The van der Waals surface area contributed by atoms with Crippen LogP contribution in [0.3, 0.4) is 0 Å². The van der Waals surface area contributed by atoms with Gasteiger partial charge in [0.05, 0.1) is 118 Å². The largest absolute Gasteiger partial charge is 0.374 e. The summed E-state index contributed by atoms with van der Waals surface area (Å²) in [6.45, 7) is 5.49. The average Bonchev–Trinajstić information content (AvgIpc) is 1.61. The van der Waals surface area contributed by atoms with Crippen molar-refractivity contribution in [3.63, 3.8) is 0 Å². The van der Waals surface area contributed by atoms with Crippen LogP contribution in [0.25, 0.3) is 33.4 Å². The van der Waals surface area contributed by atoms with Crippen LogP contribution in [0.5, 0.6) is 0 Å². The maximum atomic E-state index is 15.1. The molecule has 4 unspecified atom stereocenters. The molecular weight excluding hydrogens is 1600 g/mol. The number of hydrogen-bond acceptors (Lipinski definition) is 22. The minimum Gasteiger partial charge on any atom is -0.374 e. The molecule has 20 rings (SSSR count). The van der Waals surface area contributed by atoms with Gasteiger partial charge in [0.1, 0.15) is 48.1 Å². The molecule has 8 aliphatic heterocycles. The van der Waals surface area contributed by atoms with E-state index in [1.807, 2.05) is 18.2 Å². The predicted octanol–water partition coefficient (Wildman–Crippen LogP) is 6.56. The maximum absolute atomic E-state index is 15.1. The maximum Gasteiger partial charge on any atom is 0.329 e. The molecule has 8 saturated heterocycles. The minimum atomic E-state index is -3.01. The Balaban J connectivity index is 0.491. The second-order valence-electron chi connectivity index (χ2n) is 34.1. The zero-order chi connectivity index (χ0) is 84.3. The molecule has 6 amide bonds. The Bertz CT molecular complexity index is 6160. The molecule has 10 aromatic rings. The van der Waals surface area contributed by atoms with E-state index in [1.54, 1.807) is 66.2 Å². The lowest BCUT2D eigenvalue weighted by Gasteiger charge is -2.46. The third-order valence-corrected chi connectivity index (χ3v) is 26.8. The number of nitrogens with zero attached hydrogens (tertiary/aromatic N) is 18.